The van der Waals surface area contributed by atoms with Crippen LogP contribution in [0.4, 0.5) is 0 Å². The van der Waals surface area contributed by atoms with Gasteiger partial charge in [-0.3, -0.25) is 0 Å². The lowest BCUT2D eigenvalue weighted by Gasteiger charge is -2.40. The molecule has 120 valence electrons. The van der Waals surface area contributed by atoms with Gasteiger partial charge in [0.1, 0.15) is 0 Å². The number of nitrogens with one attached hydrogen (secondary N) is 1. The number of ether oxygens (including phenoxy) is 3. The van der Waals surface area contributed by atoms with Gasteiger partial charge in [0.05, 0.1) is 18.8 Å². The van der Waals surface area contributed by atoms with E-state index in [1.807, 2.05) is 7.05 Å². The molecule has 4 nitrogen and oxygen atoms in total. The molecular weight excluding hydrogens is 254 g/mol. The summed E-state index contributed by atoms with van der Waals surface area (Å²) in [4.78, 5) is 0. The van der Waals surface area contributed by atoms with Gasteiger partial charge >= 0.3 is 0 Å². The van der Waals surface area contributed by atoms with Gasteiger partial charge in [-0.1, -0.05) is 13.3 Å². The summed E-state index contributed by atoms with van der Waals surface area (Å²) in [5, 5.41) is 3.30. The van der Waals surface area contributed by atoms with Crippen LogP contribution >= 0.6 is 0 Å². The summed E-state index contributed by atoms with van der Waals surface area (Å²) < 4.78 is 16.8. The lowest BCUT2D eigenvalue weighted by Crippen LogP contribution is -2.45. The van der Waals surface area contributed by atoms with Gasteiger partial charge in [-0.2, -0.15) is 0 Å². The van der Waals surface area contributed by atoms with Crippen molar-refractivity contribution in [3.05, 3.63) is 0 Å². The molecule has 1 aliphatic carbocycles. The maximum Gasteiger partial charge on any atom is 0.0807 e. The van der Waals surface area contributed by atoms with E-state index in [2.05, 4.69) is 12.2 Å². The third-order valence-electron chi connectivity index (χ3n) is 4.37. The zero-order valence-electron chi connectivity index (χ0n) is 13.6. The molecule has 0 aliphatic heterocycles. The normalized spacial score (nSPS) is 26.9. The van der Waals surface area contributed by atoms with E-state index in [-0.39, 0.29) is 5.60 Å². The number of hydrogen-bond acceptors (Lipinski definition) is 4. The molecule has 0 aromatic carbocycles. The Balaban J connectivity index is 2.19. The van der Waals surface area contributed by atoms with E-state index in [0.717, 1.165) is 32.1 Å². The minimum atomic E-state index is 0.0380. The summed E-state index contributed by atoms with van der Waals surface area (Å²) in [7, 11) is 3.73. The zero-order valence-corrected chi connectivity index (χ0v) is 13.6. The summed E-state index contributed by atoms with van der Waals surface area (Å²) >= 11 is 0. The molecule has 0 aromatic heterocycles. The highest BCUT2D eigenvalue weighted by Crippen LogP contribution is 2.35. The predicted molar refractivity (Wildman–Crippen MR) is 82.2 cm³/mol. The van der Waals surface area contributed by atoms with Gasteiger partial charge in [-0.15, -0.1) is 0 Å². The Hall–Kier alpha value is -0.160. The molecule has 0 bridgehead atoms. The van der Waals surface area contributed by atoms with E-state index in [1.54, 1.807) is 7.11 Å². The highest BCUT2D eigenvalue weighted by Gasteiger charge is 2.35. The van der Waals surface area contributed by atoms with Crippen molar-refractivity contribution in [2.45, 2.75) is 51.0 Å². The second kappa shape index (κ2) is 10.6. The van der Waals surface area contributed by atoms with Gasteiger partial charge in [-0.25, -0.2) is 0 Å². The Kier molecular flexibility index (Phi) is 9.44. The van der Waals surface area contributed by atoms with Crippen molar-refractivity contribution in [2.75, 3.05) is 47.1 Å². The van der Waals surface area contributed by atoms with Crippen molar-refractivity contribution < 1.29 is 14.2 Å². The quantitative estimate of drug-likeness (QED) is 0.593. The Labute approximate surface area is 124 Å². The first kappa shape index (κ1) is 17.9. The van der Waals surface area contributed by atoms with Crippen molar-refractivity contribution >= 4 is 0 Å². The van der Waals surface area contributed by atoms with Crippen LogP contribution in [0.5, 0.6) is 0 Å². The largest absolute Gasteiger partial charge is 0.385 e. The maximum atomic E-state index is 6.19. The molecule has 1 fully saturated rings. The van der Waals surface area contributed by atoms with Gasteiger partial charge in [0.15, 0.2) is 0 Å². The van der Waals surface area contributed by atoms with E-state index in [0.29, 0.717) is 13.2 Å². The van der Waals surface area contributed by atoms with E-state index in [1.165, 1.54) is 32.1 Å². The first-order chi connectivity index (χ1) is 9.76. The van der Waals surface area contributed by atoms with Crippen molar-refractivity contribution in [1.82, 2.24) is 5.32 Å². The van der Waals surface area contributed by atoms with Gasteiger partial charge in [0.2, 0.25) is 0 Å². The summed E-state index contributed by atoms with van der Waals surface area (Å²) in [5.74, 6) is 0.897. The van der Waals surface area contributed by atoms with E-state index in [4.69, 9.17) is 14.2 Å². The lowest BCUT2D eigenvalue weighted by molar-refractivity contribution is -0.0925. The fourth-order valence-electron chi connectivity index (χ4n) is 3.03. The molecule has 0 atom stereocenters. The first-order valence-electron chi connectivity index (χ1n) is 8.11. The molecule has 0 heterocycles. The number of rotatable bonds is 11. The third-order valence-corrected chi connectivity index (χ3v) is 4.37. The van der Waals surface area contributed by atoms with E-state index < -0.39 is 0 Å². The third kappa shape index (κ3) is 6.53. The average molecular weight is 287 g/mol. The van der Waals surface area contributed by atoms with Crippen molar-refractivity contribution in [2.24, 2.45) is 5.92 Å². The number of methoxy groups -OCH3 is 1. The molecule has 0 unspecified atom stereocenters. The molecule has 0 saturated heterocycles. The number of hydrogen-bond donors (Lipinski definition) is 1. The van der Waals surface area contributed by atoms with Crippen LogP contribution in [0, 0.1) is 5.92 Å². The van der Waals surface area contributed by atoms with Gasteiger partial charge in [0, 0.05) is 26.9 Å². The fourth-order valence-corrected chi connectivity index (χ4v) is 3.03. The highest BCUT2D eigenvalue weighted by molar-refractivity contribution is 4.88. The van der Waals surface area contributed by atoms with Crippen LogP contribution in [-0.2, 0) is 14.2 Å². The summed E-state index contributed by atoms with van der Waals surface area (Å²) in [6, 6.07) is 0. The Morgan fingerprint density at radius 3 is 2.45 bits per heavy atom. The van der Waals surface area contributed by atoms with Gasteiger partial charge in [0.25, 0.3) is 0 Å². The Bertz CT molecular complexity index is 228. The fraction of sp³-hybridized carbons (Fsp3) is 1.00. The average Bonchev–Trinajstić information content (AvgIpc) is 2.47. The van der Waals surface area contributed by atoms with Gasteiger partial charge < -0.3 is 19.5 Å². The number of likely N-dealkylation sites (N-methyl/N-ethyl adjacent to an activating group) is 1. The van der Waals surface area contributed by atoms with Crippen LogP contribution in [0.3, 0.4) is 0 Å². The SMILES string of the molecule is CCC1CCC(CNC)(OCCOCCCOC)CC1. The molecule has 0 aromatic rings. The molecule has 0 amide bonds. The molecule has 4 heteroatoms. The standard InChI is InChI=1S/C16H33NO3/c1-4-15-6-8-16(9-7-15,14-17-2)20-13-12-19-11-5-10-18-3/h15,17H,4-14H2,1-3H3. The second-order valence-electron chi connectivity index (χ2n) is 5.87. The molecule has 1 N–H and O–H groups in total. The minimum Gasteiger partial charge on any atom is -0.385 e. The highest BCUT2D eigenvalue weighted by atomic mass is 16.5. The molecule has 1 saturated carbocycles. The van der Waals surface area contributed by atoms with Gasteiger partial charge in [-0.05, 0) is 45.1 Å². The Morgan fingerprint density at radius 2 is 1.85 bits per heavy atom. The van der Waals surface area contributed by atoms with Crippen LogP contribution in [0.1, 0.15) is 45.4 Å². The lowest BCUT2D eigenvalue weighted by atomic mass is 9.77. The molecule has 1 aliphatic rings. The maximum absolute atomic E-state index is 6.19. The summed E-state index contributed by atoms with van der Waals surface area (Å²) in [5.41, 5.74) is 0.0380. The zero-order chi connectivity index (χ0) is 14.7. The first-order valence-corrected chi connectivity index (χ1v) is 8.11. The second-order valence-corrected chi connectivity index (χ2v) is 5.87. The molecule has 0 radical (unpaired) electrons. The van der Waals surface area contributed by atoms with Crippen LogP contribution in [0.15, 0.2) is 0 Å². The van der Waals surface area contributed by atoms with Crippen LogP contribution < -0.4 is 5.32 Å². The van der Waals surface area contributed by atoms with Crippen LogP contribution in [0.25, 0.3) is 0 Å². The summed E-state index contributed by atoms with van der Waals surface area (Å²) in [6.07, 6.45) is 7.21. The van der Waals surface area contributed by atoms with Crippen molar-refractivity contribution in [1.29, 1.82) is 0 Å². The Morgan fingerprint density at radius 1 is 1.10 bits per heavy atom. The van der Waals surface area contributed by atoms with Crippen molar-refractivity contribution in [3.63, 3.8) is 0 Å². The minimum absolute atomic E-state index is 0.0380. The smallest absolute Gasteiger partial charge is 0.0807 e. The molecule has 0 spiro atoms. The topological polar surface area (TPSA) is 39.7 Å². The van der Waals surface area contributed by atoms with E-state index >= 15 is 0 Å². The molecular formula is C16H33NO3. The van der Waals surface area contributed by atoms with Crippen molar-refractivity contribution in [3.8, 4) is 0 Å². The predicted octanol–water partition coefficient (Wildman–Crippen LogP) is 2.61. The van der Waals surface area contributed by atoms with E-state index in [9.17, 15) is 0 Å². The molecule has 20 heavy (non-hydrogen) atoms. The monoisotopic (exact) mass is 287 g/mol. The van der Waals surface area contributed by atoms with Crippen LogP contribution in [-0.4, -0.2) is 52.7 Å². The molecule has 1 rings (SSSR count). The van der Waals surface area contributed by atoms with Crippen LogP contribution in [0.2, 0.25) is 0 Å². The summed E-state index contributed by atoms with van der Waals surface area (Å²) in [6.45, 7) is 6.16.